The molecular weight excluding hydrogens is 214 g/mol. The van der Waals surface area contributed by atoms with Crippen molar-refractivity contribution < 1.29 is 4.74 Å². The predicted molar refractivity (Wildman–Crippen MR) is 65.7 cm³/mol. The van der Waals surface area contributed by atoms with Gasteiger partial charge in [-0.1, -0.05) is 0 Å². The Kier molecular flexibility index (Phi) is 2.21. The highest BCUT2D eigenvalue weighted by molar-refractivity contribution is 5.60. The van der Waals surface area contributed by atoms with Gasteiger partial charge in [-0.2, -0.15) is 0 Å². The lowest BCUT2D eigenvalue weighted by atomic mass is 10.1. The SMILES string of the molecule is CC1Cc2cc(-c3nccc(N)n3)ccc2O1. The molecule has 2 heterocycles. The number of aromatic nitrogens is 2. The molecule has 1 unspecified atom stereocenters. The van der Waals surface area contributed by atoms with Crippen LogP contribution in [0.15, 0.2) is 30.5 Å². The van der Waals surface area contributed by atoms with Crippen LogP contribution in [0.5, 0.6) is 5.75 Å². The third-order valence-corrected chi connectivity index (χ3v) is 2.83. The molecule has 0 fully saturated rings. The minimum atomic E-state index is 0.252. The van der Waals surface area contributed by atoms with Crippen LogP contribution in [-0.2, 0) is 6.42 Å². The molecule has 0 spiro atoms. The van der Waals surface area contributed by atoms with Crippen molar-refractivity contribution in [3.8, 4) is 17.1 Å². The first-order valence-corrected chi connectivity index (χ1v) is 5.61. The molecule has 86 valence electrons. The molecule has 0 saturated carbocycles. The van der Waals surface area contributed by atoms with E-state index in [0.29, 0.717) is 11.6 Å². The molecule has 0 aliphatic carbocycles. The molecule has 2 N–H and O–H groups in total. The van der Waals surface area contributed by atoms with Crippen LogP contribution in [0.3, 0.4) is 0 Å². The second kappa shape index (κ2) is 3.73. The lowest BCUT2D eigenvalue weighted by molar-refractivity contribution is 0.254. The first-order valence-electron chi connectivity index (χ1n) is 5.61. The Morgan fingerprint density at radius 1 is 1.35 bits per heavy atom. The average Bonchev–Trinajstić information content (AvgIpc) is 2.68. The van der Waals surface area contributed by atoms with E-state index in [-0.39, 0.29) is 6.10 Å². The van der Waals surface area contributed by atoms with Crippen molar-refractivity contribution in [3.63, 3.8) is 0 Å². The van der Waals surface area contributed by atoms with E-state index in [1.54, 1.807) is 12.3 Å². The fourth-order valence-corrected chi connectivity index (χ4v) is 2.07. The van der Waals surface area contributed by atoms with Crippen LogP contribution in [0, 0.1) is 0 Å². The van der Waals surface area contributed by atoms with Gasteiger partial charge in [-0.05, 0) is 36.8 Å². The second-order valence-corrected chi connectivity index (χ2v) is 4.26. The number of nitrogen functional groups attached to an aromatic ring is 1. The number of hydrogen-bond donors (Lipinski definition) is 1. The van der Waals surface area contributed by atoms with Crippen LogP contribution in [0.25, 0.3) is 11.4 Å². The molecule has 0 bridgehead atoms. The summed E-state index contributed by atoms with van der Waals surface area (Å²) in [6, 6.07) is 7.70. The van der Waals surface area contributed by atoms with Gasteiger partial charge in [0.25, 0.3) is 0 Å². The second-order valence-electron chi connectivity index (χ2n) is 4.26. The molecule has 1 atom stereocenters. The highest BCUT2D eigenvalue weighted by atomic mass is 16.5. The van der Waals surface area contributed by atoms with Crippen molar-refractivity contribution in [1.29, 1.82) is 0 Å². The number of hydrogen-bond acceptors (Lipinski definition) is 4. The van der Waals surface area contributed by atoms with Gasteiger partial charge in [-0.15, -0.1) is 0 Å². The Bertz CT molecular complexity index is 568. The number of ether oxygens (including phenoxy) is 1. The maximum Gasteiger partial charge on any atom is 0.161 e. The molecule has 1 aromatic heterocycles. The third kappa shape index (κ3) is 1.82. The summed E-state index contributed by atoms with van der Waals surface area (Å²) in [4.78, 5) is 8.44. The molecule has 1 aliphatic heterocycles. The number of rotatable bonds is 1. The minimum absolute atomic E-state index is 0.252. The van der Waals surface area contributed by atoms with Crippen LogP contribution < -0.4 is 10.5 Å². The van der Waals surface area contributed by atoms with E-state index < -0.39 is 0 Å². The first-order chi connectivity index (χ1) is 8.22. The summed E-state index contributed by atoms with van der Waals surface area (Å²) in [5.74, 6) is 2.11. The normalized spacial score (nSPS) is 17.6. The zero-order chi connectivity index (χ0) is 11.8. The molecule has 0 saturated heterocycles. The topological polar surface area (TPSA) is 61.0 Å². The number of nitrogens with zero attached hydrogens (tertiary/aromatic N) is 2. The van der Waals surface area contributed by atoms with Gasteiger partial charge in [-0.25, -0.2) is 9.97 Å². The number of anilines is 1. The van der Waals surface area contributed by atoms with Gasteiger partial charge < -0.3 is 10.5 Å². The van der Waals surface area contributed by atoms with Crippen LogP contribution in [0.1, 0.15) is 12.5 Å². The van der Waals surface area contributed by atoms with Crippen LogP contribution in [-0.4, -0.2) is 16.1 Å². The summed E-state index contributed by atoms with van der Waals surface area (Å²) in [7, 11) is 0. The van der Waals surface area contributed by atoms with Crippen molar-refractivity contribution in [2.75, 3.05) is 5.73 Å². The van der Waals surface area contributed by atoms with Crippen LogP contribution in [0.4, 0.5) is 5.82 Å². The highest BCUT2D eigenvalue weighted by Crippen LogP contribution is 2.31. The van der Waals surface area contributed by atoms with Crippen molar-refractivity contribution >= 4 is 5.82 Å². The van der Waals surface area contributed by atoms with Crippen molar-refractivity contribution in [2.24, 2.45) is 0 Å². The van der Waals surface area contributed by atoms with Gasteiger partial charge in [0.2, 0.25) is 0 Å². The third-order valence-electron chi connectivity index (χ3n) is 2.83. The Balaban J connectivity index is 2.03. The standard InChI is InChI=1S/C13H13N3O/c1-8-6-10-7-9(2-3-11(10)17-8)13-15-5-4-12(14)16-13/h2-5,7-8H,6H2,1H3,(H2,14,15,16). The number of nitrogens with two attached hydrogens (primary N) is 1. The van der Waals surface area contributed by atoms with Crippen LogP contribution >= 0.6 is 0 Å². The van der Waals surface area contributed by atoms with Gasteiger partial charge >= 0.3 is 0 Å². The Morgan fingerprint density at radius 2 is 2.24 bits per heavy atom. The predicted octanol–water partition coefficient (Wildman–Crippen LogP) is 2.05. The lowest BCUT2D eigenvalue weighted by Gasteiger charge is -2.04. The van der Waals surface area contributed by atoms with E-state index in [0.717, 1.165) is 17.7 Å². The lowest BCUT2D eigenvalue weighted by Crippen LogP contribution is -2.05. The summed E-state index contributed by atoms with van der Waals surface area (Å²) < 4.78 is 5.66. The molecule has 17 heavy (non-hydrogen) atoms. The van der Waals surface area contributed by atoms with Crippen molar-refractivity contribution in [2.45, 2.75) is 19.4 Å². The van der Waals surface area contributed by atoms with E-state index in [1.807, 2.05) is 12.1 Å². The Labute approximate surface area is 99.5 Å². The average molecular weight is 227 g/mol. The molecule has 0 radical (unpaired) electrons. The number of fused-ring (bicyclic) bond motifs is 1. The van der Waals surface area contributed by atoms with E-state index in [1.165, 1.54) is 5.56 Å². The minimum Gasteiger partial charge on any atom is -0.490 e. The summed E-state index contributed by atoms with van der Waals surface area (Å²) in [5.41, 5.74) is 7.84. The van der Waals surface area contributed by atoms with Gasteiger partial charge in [-0.3, -0.25) is 0 Å². The molecule has 1 aliphatic rings. The summed E-state index contributed by atoms with van der Waals surface area (Å²) in [5, 5.41) is 0. The molecular formula is C13H13N3O. The maximum absolute atomic E-state index is 5.66. The Morgan fingerprint density at radius 3 is 3.06 bits per heavy atom. The first kappa shape index (κ1) is 10.1. The molecule has 4 heteroatoms. The number of benzene rings is 1. The van der Waals surface area contributed by atoms with Gasteiger partial charge in [0.1, 0.15) is 17.7 Å². The van der Waals surface area contributed by atoms with Gasteiger partial charge in [0.15, 0.2) is 5.82 Å². The Hall–Kier alpha value is -2.10. The van der Waals surface area contributed by atoms with Gasteiger partial charge in [0.05, 0.1) is 0 Å². The van der Waals surface area contributed by atoms with E-state index in [2.05, 4.69) is 23.0 Å². The van der Waals surface area contributed by atoms with Gasteiger partial charge in [0, 0.05) is 18.2 Å². The zero-order valence-electron chi connectivity index (χ0n) is 9.55. The van der Waals surface area contributed by atoms with E-state index >= 15 is 0 Å². The quantitative estimate of drug-likeness (QED) is 0.810. The monoisotopic (exact) mass is 227 g/mol. The van der Waals surface area contributed by atoms with E-state index in [4.69, 9.17) is 10.5 Å². The summed E-state index contributed by atoms with van der Waals surface area (Å²) in [6.45, 7) is 2.07. The van der Waals surface area contributed by atoms with Crippen molar-refractivity contribution in [1.82, 2.24) is 9.97 Å². The maximum atomic E-state index is 5.66. The van der Waals surface area contributed by atoms with Crippen LogP contribution in [0.2, 0.25) is 0 Å². The molecule has 2 aromatic rings. The molecule has 0 amide bonds. The fourth-order valence-electron chi connectivity index (χ4n) is 2.07. The largest absolute Gasteiger partial charge is 0.490 e. The van der Waals surface area contributed by atoms with Crippen molar-refractivity contribution in [3.05, 3.63) is 36.0 Å². The summed E-state index contributed by atoms with van der Waals surface area (Å²) >= 11 is 0. The highest BCUT2D eigenvalue weighted by Gasteiger charge is 2.19. The smallest absolute Gasteiger partial charge is 0.161 e. The molecule has 4 nitrogen and oxygen atoms in total. The zero-order valence-corrected chi connectivity index (χ0v) is 9.55. The molecule has 3 rings (SSSR count). The summed E-state index contributed by atoms with van der Waals surface area (Å²) in [6.07, 6.45) is 2.86. The molecule has 1 aromatic carbocycles. The fraction of sp³-hybridized carbons (Fsp3) is 0.231. The van der Waals surface area contributed by atoms with E-state index in [9.17, 15) is 0 Å².